The molecule has 0 saturated carbocycles. The normalized spacial score (nSPS) is 38.5. The molecule has 0 bridgehead atoms. The van der Waals surface area contributed by atoms with Crippen LogP contribution in [0.2, 0.25) is 0 Å². The molecule has 0 aromatic carbocycles. The third kappa shape index (κ3) is 1.75. The molecule has 2 aliphatic rings. The highest BCUT2D eigenvalue weighted by Gasteiger charge is 2.34. The SMILES string of the molecule is OC1CC2CN(SS)CCN2C1. The summed E-state index contributed by atoms with van der Waals surface area (Å²) in [7, 11) is 1.52. The molecule has 3 nitrogen and oxygen atoms in total. The van der Waals surface area contributed by atoms with Gasteiger partial charge in [-0.2, -0.15) is 0 Å². The maximum Gasteiger partial charge on any atom is 0.0682 e. The summed E-state index contributed by atoms with van der Waals surface area (Å²) in [5, 5.41) is 9.43. The highest BCUT2D eigenvalue weighted by atomic mass is 33.1. The van der Waals surface area contributed by atoms with Gasteiger partial charge in [-0.1, -0.05) is 11.7 Å². The van der Waals surface area contributed by atoms with Gasteiger partial charge in [0.25, 0.3) is 0 Å². The van der Waals surface area contributed by atoms with Crippen LogP contribution in [0, 0.1) is 0 Å². The maximum absolute atomic E-state index is 9.43. The van der Waals surface area contributed by atoms with Crippen molar-refractivity contribution < 1.29 is 5.11 Å². The van der Waals surface area contributed by atoms with Crippen molar-refractivity contribution in [2.45, 2.75) is 18.6 Å². The van der Waals surface area contributed by atoms with Crippen LogP contribution in [0.3, 0.4) is 0 Å². The zero-order valence-electron chi connectivity index (χ0n) is 6.89. The first-order chi connectivity index (χ1) is 5.79. The number of nitrogens with zero attached hydrogens (tertiary/aromatic N) is 2. The maximum atomic E-state index is 9.43. The molecule has 2 fully saturated rings. The van der Waals surface area contributed by atoms with Crippen molar-refractivity contribution in [1.82, 2.24) is 9.21 Å². The van der Waals surface area contributed by atoms with Crippen LogP contribution < -0.4 is 0 Å². The summed E-state index contributed by atoms with van der Waals surface area (Å²) in [6.45, 7) is 4.06. The summed E-state index contributed by atoms with van der Waals surface area (Å²) >= 11 is 4.18. The Kier molecular flexibility index (Phi) is 2.86. The molecule has 0 spiro atoms. The average molecular weight is 206 g/mol. The first kappa shape index (κ1) is 9.15. The Bertz CT molecular complexity index is 169. The fourth-order valence-electron chi connectivity index (χ4n) is 2.06. The Labute approximate surface area is 82.0 Å². The van der Waals surface area contributed by atoms with Gasteiger partial charge >= 0.3 is 0 Å². The van der Waals surface area contributed by atoms with Gasteiger partial charge in [0.15, 0.2) is 0 Å². The molecule has 2 aliphatic heterocycles. The second-order valence-corrected chi connectivity index (χ2v) is 4.68. The van der Waals surface area contributed by atoms with Crippen LogP contribution in [0.15, 0.2) is 0 Å². The van der Waals surface area contributed by atoms with Crippen molar-refractivity contribution in [3.8, 4) is 0 Å². The number of rotatable bonds is 1. The molecule has 1 N–H and O–H groups in total. The van der Waals surface area contributed by atoms with Crippen molar-refractivity contribution in [3.05, 3.63) is 0 Å². The molecule has 2 unspecified atom stereocenters. The second kappa shape index (κ2) is 3.75. The largest absolute Gasteiger partial charge is 0.392 e. The summed E-state index contributed by atoms with van der Waals surface area (Å²) in [5.41, 5.74) is 0. The molecule has 2 atom stereocenters. The van der Waals surface area contributed by atoms with Gasteiger partial charge in [0.1, 0.15) is 0 Å². The van der Waals surface area contributed by atoms with E-state index in [0.29, 0.717) is 6.04 Å². The molecule has 0 aliphatic carbocycles. The number of thiol groups is 1. The summed E-state index contributed by atoms with van der Waals surface area (Å²) in [6.07, 6.45) is 0.838. The molecule has 2 saturated heterocycles. The number of fused-ring (bicyclic) bond motifs is 1. The fraction of sp³-hybridized carbons (Fsp3) is 1.00. The smallest absolute Gasteiger partial charge is 0.0682 e. The van der Waals surface area contributed by atoms with Gasteiger partial charge in [0.05, 0.1) is 6.10 Å². The molecule has 2 heterocycles. The van der Waals surface area contributed by atoms with Crippen LogP contribution in [0.4, 0.5) is 0 Å². The number of piperazine rings is 1. The fourth-order valence-corrected chi connectivity index (χ4v) is 2.91. The van der Waals surface area contributed by atoms with Gasteiger partial charge in [-0.3, -0.25) is 4.90 Å². The molecule has 5 heteroatoms. The molecule has 0 aromatic rings. The predicted molar refractivity (Wildman–Crippen MR) is 54.1 cm³/mol. The van der Waals surface area contributed by atoms with E-state index < -0.39 is 0 Å². The van der Waals surface area contributed by atoms with E-state index in [4.69, 9.17) is 0 Å². The standard InChI is InChI=1S/C7H14N2OS2/c10-7-3-6-4-9(12-11)2-1-8(6)5-7/h6-7,10-11H,1-5H2. The minimum Gasteiger partial charge on any atom is -0.392 e. The lowest BCUT2D eigenvalue weighted by molar-refractivity contribution is 0.153. The number of hydrogen-bond donors (Lipinski definition) is 2. The van der Waals surface area contributed by atoms with E-state index >= 15 is 0 Å². The predicted octanol–water partition coefficient (Wildman–Crippen LogP) is 0.230. The van der Waals surface area contributed by atoms with Gasteiger partial charge in [-0.05, 0) is 17.4 Å². The molecular weight excluding hydrogens is 192 g/mol. The second-order valence-electron chi connectivity index (χ2n) is 3.51. The van der Waals surface area contributed by atoms with E-state index in [0.717, 1.165) is 32.6 Å². The molecule has 0 amide bonds. The molecule has 70 valence electrons. The van der Waals surface area contributed by atoms with Crippen LogP contribution in [0.25, 0.3) is 0 Å². The van der Waals surface area contributed by atoms with Crippen molar-refractivity contribution in [2.24, 2.45) is 0 Å². The summed E-state index contributed by atoms with van der Waals surface area (Å²) in [6, 6.07) is 0.563. The van der Waals surface area contributed by atoms with Crippen molar-refractivity contribution in [3.63, 3.8) is 0 Å². The van der Waals surface area contributed by atoms with Crippen LogP contribution >= 0.6 is 22.6 Å². The molecule has 0 radical (unpaired) electrons. The van der Waals surface area contributed by atoms with E-state index in [1.807, 2.05) is 0 Å². The lowest BCUT2D eigenvalue weighted by Gasteiger charge is -2.35. The molecule has 0 aromatic heterocycles. The van der Waals surface area contributed by atoms with E-state index in [-0.39, 0.29) is 6.10 Å². The van der Waals surface area contributed by atoms with Gasteiger partial charge in [0.2, 0.25) is 0 Å². The quantitative estimate of drug-likeness (QED) is 0.365. The minimum atomic E-state index is -0.0973. The zero-order valence-corrected chi connectivity index (χ0v) is 8.60. The number of aliphatic hydroxyl groups excluding tert-OH is 1. The Morgan fingerprint density at radius 2 is 2.17 bits per heavy atom. The van der Waals surface area contributed by atoms with Gasteiger partial charge in [0, 0.05) is 32.2 Å². The topological polar surface area (TPSA) is 26.7 Å². The van der Waals surface area contributed by atoms with Crippen LogP contribution in [-0.2, 0) is 0 Å². The average Bonchev–Trinajstić information content (AvgIpc) is 2.43. The number of aliphatic hydroxyl groups is 1. The first-order valence-corrected chi connectivity index (χ1v) is 6.11. The summed E-state index contributed by atoms with van der Waals surface area (Å²) in [4.78, 5) is 2.38. The lowest BCUT2D eigenvalue weighted by atomic mass is 10.2. The molecule has 2 rings (SSSR count). The molecular formula is C7H14N2OS2. The van der Waals surface area contributed by atoms with Crippen LogP contribution in [0.1, 0.15) is 6.42 Å². The van der Waals surface area contributed by atoms with E-state index in [9.17, 15) is 5.11 Å². The minimum absolute atomic E-state index is 0.0973. The van der Waals surface area contributed by atoms with Crippen molar-refractivity contribution >= 4 is 22.6 Å². The third-order valence-corrected chi connectivity index (χ3v) is 3.93. The van der Waals surface area contributed by atoms with Gasteiger partial charge in [-0.25, -0.2) is 4.31 Å². The highest BCUT2D eigenvalue weighted by Crippen LogP contribution is 2.26. The van der Waals surface area contributed by atoms with Gasteiger partial charge < -0.3 is 5.11 Å². The first-order valence-electron chi connectivity index (χ1n) is 4.28. The van der Waals surface area contributed by atoms with E-state index in [2.05, 4.69) is 20.9 Å². The molecule has 12 heavy (non-hydrogen) atoms. The van der Waals surface area contributed by atoms with Gasteiger partial charge in [-0.15, -0.1) is 0 Å². The van der Waals surface area contributed by atoms with Crippen LogP contribution in [0.5, 0.6) is 0 Å². The summed E-state index contributed by atoms with van der Waals surface area (Å²) in [5.74, 6) is 0. The Morgan fingerprint density at radius 3 is 2.92 bits per heavy atom. The van der Waals surface area contributed by atoms with Crippen LogP contribution in [-0.4, -0.2) is 52.6 Å². The van der Waals surface area contributed by atoms with Crippen molar-refractivity contribution in [2.75, 3.05) is 26.2 Å². The van der Waals surface area contributed by atoms with E-state index in [1.54, 1.807) is 0 Å². The summed E-state index contributed by atoms with van der Waals surface area (Å²) < 4.78 is 2.25. The lowest BCUT2D eigenvalue weighted by Crippen LogP contribution is -2.47. The number of hydrogen-bond acceptors (Lipinski definition) is 5. The third-order valence-electron chi connectivity index (χ3n) is 2.67. The Balaban J connectivity index is 1.93. The van der Waals surface area contributed by atoms with E-state index in [1.165, 1.54) is 11.0 Å². The monoisotopic (exact) mass is 206 g/mol. The zero-order chi connectivity index (χ0) is 8.55. The highest BCUT2D eigenvalue weighted by molar-refractivity contribution is 8.67. The Morgan fingerprint density at radius 1 is 1.33 bits per heavy atom. The van der Waals surface area contributed by atoms with Crippen molar-refractivity contribution in [1.29, 1.82) is 0 Å². The Hall–Kier alpha value is 0.580.